The minimum Gasteiger partial charge on any atom is -0.350 e. The number of carbonyl (C=O) groups excluding carboxylic acids is 1. The number of sulfone groups is 1. The first-order chi connectivity index (χ1) is 10.8. The second-order valence-electron chi connectivity index (χ2n) is 6.58. The Kier molecular flexibility index (Phi) is 3.83. The Morgan fingerprint density at radius 2 is 2.04 bits per heavy atom. The maximum atomic E-state index is 12.0. The molecule has 0 unspecified atom stereocenters. The Morgan fingerprint density at radius 3 is 2.70 bits per heavy atom. The summed E-state index contributed by atoms with van der Waals surface area (Å²) in [5, 5.41) is 6.71. The normalized spacial score (nSPS) is 16.3. The van der Waals surface area contributed by atoms with Crippen molar-refractivity contribution in [2.24, 2.45) is 12.5 Å². The average Bonchev–Trinajstić information content (AvgIpc) is 3.11. The van der Waals surface area contributed by atoms with Crippen molar-refractivity contribution >= 4 is 32.5 Å². The summed E-state index contributed by atoms with van der Waals surface area (Å²) in [6.07, 6.45) is 4.89. The molecule has 1 aromatic heterocycles. The third kappa shape index (κ3) is 3.85. The zero-order chi connectivity index (χ0) is 16.7. The predicted molar refractivity (Wildman–Crippen MR) is 91.3 cm³/mol. The van der Waals surface area contributed by atoms with E-state index in [1.807, 2.05) is 42.1 Å². The van der Waals surface area contributed by atoms with E-state index in [0.29, 0.717) is 12.2 Å². The Balaban J connectivity index is 1.59. The minimum absolute atomic E-state index is 0.135. The smallest absolute Gasteiger partial charge is 0.319 e. The van der Waals surface area contributed by atoms with E-state index < -0.39 is 9.84 Å². The predicted octanol–water partition coefficient (Wildman–Crippen LogP) is 2.12. The van der Waals surface area contributed by atoms with E-state index in [9.17, 15) is 13.2 Å². The lowest BCUT2D eigenvalue weighted by Gasteiger charge is -2.15. The largest absolute Gasteiger partial charge is 0.350 e. The van der Waals surface area contributed by atoms with E-state index in [2.05, 4.69) is 10.6 Å². The molecule has 1 aromatic carbocycles. The van der Waals surface area contributed by atoms with Crippen molar-refractivity contribution in [1.29, 1.82) is 0 Å². The highest BCUT2D eigenvalue weighted by Gasteiger charge is 2.45. The average molecular weight is 335 g/mol. The highest BCUT2D eigenvalue weighted by atomic mass is 32.2. The molecule has 1 aliphatic carbocycles. The van der Waals surface area contributed by atoms with Crippen molar-refractivity contribution in [2.45, 2.75) is 12.8 Å². The van der Waals surface area contributed by atoms with Crippen LogP contribution in [-0.2, 0) is 16.9 Å². The molecule has 0 spiro atoms. The second kappa shape index (κ2) is 5.56. The fourth-order valence-corrected chi connectivity index (χ4v) is 4.39. The zero-order valence-electron chi connectivity index (χ0n) is 13.3. The fourth-order valence-electron chi connectivity index (χ4n) is 2.89. The van der Waals surface area contributed by atoms with Crippen LogP contribution in [0.4, 0.5) is 10.5 Å². The van der Waals surface area contributed by atoms with Crippen LogP contribution in [0.3, 0.4) is 0 Å². The lowest BCUT2D eigenvalue weighted by Crippen LogP contribution is -2.36. The number of carbonyl (C=O) groups is 1. The van der Waals surface area contributed by atoms with Gasteiger partial charge in [0.1, 0.15) is 9.84 Å². The van der Waals surface area contributed by atoms with Crippen LogP contribution in [0.2, 0.25) is 0 Å². The quantitative estimate of drug-likeness (QED) is 0.878. The number of benzene rings is 1. The molecule has 7 heteroatoms. The zero-order valence-corrected chi connectivity index (χ0v) is 14.1. The monoisotopic (exact) mass is 335 g/mol. The van der Waals surface area contributed by atoms with Gasteiger partial charge < -0.3 is 15.2 Å². The maximum absolute atomic E-state index is 12.0. The highest BCUT2D eigenvalue weighted by molar-refractivity contribution is 7.90. The van der Waals surface area contributed by atoms with Gasteiger partial charge in [0.15, 0.2) is 0 Å². The van der Waals surface area contributed by atoms with Crippen molar-refractivity contribution in [1.82, 2.24) is 9.88 Å². The molecule has 1 saturated carbocycles. The molecule has 124 valence electrons. The first-order valence-electron chi connectivity index (χ1n) is 7.54. The molecule has 0 radical (unpaired) electrons. The van der Waals surface area contributed by atoms with E-state index in [-0.39, 0.29) is 17.2 Å². The molecule has 6 nitrogen and oxygen atoms in total. The number of amides is 2. The molecule has 2 aromatic rings. The third-order valence-corrected chi connectivity index (χ3v) is 5.43. The maximum Gasteiger partial charge on any atom is 0.319 e. The summed E-state index contributed by atoms with van der Waals surface area (Å²) in [6, 6.07) is 7.43. The lowest BCUT2D eigenvalue weighted by atomic mass is 10.1. The number of nitrogens with one attached hydrogen (secondary N) is 2. The number of hydrogen-bond donors (Lipinski definition) is 2. The third-order valence-electron chi connectivity index (χ3n) is 4.30. The summed E-state index contributed by atoms with van der Waals surface area (Å²) in [6.45, 7) is 0.387. The molecule has 0 aliphatic heterocycles. The Labute approximate surface area is 135 Å². The summed E-state index contributed by atoms with van der Waals surface area (Å²) in [5.74, 6) is 0.135. The van der Waals surface area contributed by atoms with E-state index in [4.69, 9.17) is 0 Å². The number of fused-ring (bicyclic) bond motifs is 1. The fraction of sp³-hybridized carbons (Fsp3) is 0.438. The Bertz CT molecular complexity index is 851. The highest BCUT2D eigenvalue weighted by Crippen LogP contribution is 2.46. The van der Waals surface area contributed by atoms with E-state index in [1.54, 1.807) is 0 Å². The van der Waals surface area contributed by atoms with E-state index >= 15 is 0 Å². The Morgan fingerprint density at radius 1 is 1.30 bits per heavy atom. The van der Waals surface area contributed by atoms with Crippen molar-refractivity contribution < 1.29 is 13.2 Å². The summed E-state index contributed by atoms with van der Waals surface area (Å²) in [4.78, 5) is 12.0. The van der Waals surface area contributed by atoms with Gasteiger partial charge in [0, 0.05) is 42.7 Å². The van der Waals surface area contributed by atoms with Crippen LogP contribution in [-0.4, -0.2) is 37.6 Å². The molecule has 0 atom stereocenters. The van der Waals surface area contributed by atoms with Gasteiger partial charge in [-0.15, -0.1) is 0 Å². The number of hydrogen-bond acceptors (Lipinski definition) is 3. The van der Waals surface area contributed by atoms with Gasteiger partial charge in [-0.2, -0.15) is 0 Å². The minimum atomic E-state index is -3.02. The SMILES string of the molecule is Cn1ccc2ccc(NC(=O)NCC3(CS(C)(=O)=O)CC3)cc21. The number of nitrogens with zero attached hydrogens (tertiary/aromatic N) is 1. The van der Waals surface area contributed by atoms with Crippen LogP contribution in [0.15, 0.2) is 30.5 Å². The number of rotatable bonds is 5. The van der Waals surface area contributed by atoms with Crippen LogP contribution in [0, 0.1) is 5.41 Å². The van der Waals surface area contributed by atoms with Gasteiger partial charge in [-0.1, -0.05) is 6.07 Å². The van der Waals surface area contributed by atoms with Gasteiger partial charge in [0.25, 0.3) is 0 Å². The molecule has 0 saturated heterocycles. The number of aromatic nitrogens is 1. The van der Waals surface area contributed by atoms with Crippen molar-refractivity contribution in [3.8, 4) is 0 Å². The molecule has 23 heavy (non-hydrogen) atoms. The molecular weight excluding hydrogens is 314 g/mol. The van der Waals surface area contributed by atoms with Crippen molar-refractivity contribution in [3.05, 3.63) is 30.5 Å². The number of aryl methyl sites for hydroxylation is 1. The lowest BCUT2D eigenvalue weighted by molar-refractivity contribution is 0.250. The van der Waals surface area contributed by atoms with Gasteiger partial charge >= 0.3 is 6.03 Å². The number of anilines is 1. The summed E-state index contributed by atoms with van der Waals surface area (Å²) in [7, 11) is -1.07. The number of urea groups is 1. The van der Waals surface area contributed by atoms with E-state index in [0.717, 1.165) is 23.7 Å². The van der Waals surface area contributed by atoms with Gasteiger partial charge in [-0.25, -0.2) is 13.2 Å². The van der Waals surface area contributed by atoms with Crippen LogP contribution in [0.25, 0.3) is 10.9 Å². The molecule has 0 bridgehead atoms. The first kappa shape index (κ1) is 15.9. The molecule has 1 aliphatic rings. The van der Waals surface area contributed by atoms with Gasteiger partial charge in [0.2, 0.25) is 0 Å². The summed E-state index contributed by atoms with van der Waals surface area (Å²) in [5.41, 5.74) is 1.48. The molecule has 1 fully saturated rings. The molecule has 3 rings (SSSR count). The summed E-state index contributed by atoms with van der Waals surface area (Å²) >= 11 is 0. The molecule has 2 amide bonds. The topological polar surface area (TPSA) is 80.2 Å². The van der Waals surface area contributed by atoms with Crippen LogP contribution >= 0.6 is 0 Å². The Hall–Kier alpha value is -2.02. The molecule has 1 heterocycles. The van der Waals surface area contributed by atoms with Crippen molar-refractivity contribution in [3.63, 3.8) is 0 Å². The van der Waals surface area contributed by atoms with Crippen LogP contribution in [0.5, 0.6) is 0 Å². The van der Waals surface area contributed by atoms with E-state index in [1.165, 1.54) is 6.26 Å². The standard InChI is InChI=1S/C16H21N3O3S/c1-19-8-5-12-3-4-13(9-14(12)19)18-15(20)17-10-16(6-7-16)11-23(2,21)22/h3-5,8-9H,6-7,10-11H2,1-2H3,(H2,17,18,20). The van der Waals surface area contributed by atoms with Crippen LogP contribution < -0.4 is 10.6 Å². The van der Waals surface area contributed by atoms with Gasteiger partial charge in [0.05, 0.1) is 5.75 Å². The molecule has 2 N–H and O–H groups in total. The first-order valence-corrected chi connectivity index (χ1v) is 9.60. The van der Waals surface area contributed by atoms with Crippen LogP contribution in [0.1, 0.15) is 12.8 Å². The summed E-state index contributed by atoms with van der Waals surface area (Å²) < 4.78 is 24.8. The van der Waals surface area contributed by atoms with Gasteiger partial charge in [-0.3, -0.25) is 0 Å². The second-order valence-corrected chi connectivity index (χ2v) is 8.72. The van der Waals surface area contributed by atoms with Crippen molar-refractivity contribution in [2.75, 3.05) is 23.9 Å². The van der Waals surface area contributed by atoms with Gasteiger partial charge in [-0.05, 0) is 36.4 Å². The molecular formula is C16H21N3O3S.